The maximum atomic E-state index is 11.6. The molecule has 0 aliphatic rings. The molecule has 2 aromatic carbocycles. The number of oxime groups is 1. The second-order valence-electron chi connectivity index (χ2n) is 4.77. The largest absolute Gasteiger partial charge is 0.384 e. The van der Waals surface area contributed by atoms with Crippen LogP contribution in [0.2, 0.25) is 5.02 Å². The van der Waals surface area contributed by atoms with Crippen LogP contribution in [-0.4, -0.2) is 30.6 Å². The van der Waals surface area contributed by atoms with Crippen molar-refractivity contribution < 1.29 is 9.63 Å². The first-order chi connectivity index (χ1) is 11.6. The Kier molecular flexibility index (Phi) is 7.45. The van der Waals surface area contributed by atoms with Gasteiger partial charge in [0.05, 0.1) is 0 Å². The topological polar surface area (TPSA) is 76.7 Å². The first-order valence-electron chi connectivity index (χ1n) is 7.31. The van der Waals surface area contributed by atoms with Gasteiger partial charge in [0.25, 0.3) is 5.91 Å². The van der Waals surface area contributed by atoms with Crippen LogP contribution in [0.15, 0.2) is 64.6 Å². The van der Waals surface area contributed by atoms with Crippen LogP contribution in [-0.2, 0) is 9.63 Å². The number of nitrogens with zero attached hydrogens (tertiary/aromatic N) is 1. The van der Waals surface area contributed by atoms with Gasteiger partial charge in [0.15, 0.2) is 12.4 Å². The number of amidine groups is 1. The molecule has 0 bridgehead atoms. The van der Waals surface area contributed by atoms with Gasteiger partial charge in [-0.2, -0.15) is 0 Å². The van der Waals surface area contributed by atoms with Crippen LogP contribution in [0.25, 0.3) is 0 Å². The van der Waals surface area contributed by atoms with Crippen molar-refractivity contribution in [2.24, 2.45) is 10.9 Å². The molecule has 0 saturated carbocycles. The number of rotatable bonds is 8. The predicted octanol–water partition coefficient (Wildman–Crippen LogP) is 2.89. The molecule has 0 heterocycles. The highest BCUT2D eigenvalue weighted by atomic mass is 35.5. The average Bonchev–Trinajstić information content (AvgIpc) is 2.60. The summed E-state index contributed by atoms with van der Waals surface area (Å²) in [5.41, 5.74) is 6.44. The molecule has 0 aromatic heterocycles. The highest BCUT2D eigenvalue weighted by molar-refractivity contribution is 7.99. The average molecular weight is 364 g/mol. The van der Waals surface area contributed by atoms with Crippen molar-refractivity contribution in [3.63, 3.8) is 0 Å². The van der Waals surface area contributed by atoms with Gasteiger partial charge >= 0.3 is 0 Å². The fourth-order valence-corrected chi connectivity index (χ4v) is 2.68. The first kappa shape index (κ1) is 18.2. The molecule has 2 aromatic rings. The number of halogens is 1. The minimum absolute atomic E-state index is 0.176. The van der Waals surface area contributed by atoms with Gasteiger partial charge in [-0.1, -0.05) is 35.0 Å². The predicted molar refractivity (Wildman–Crippen MR) is 98.3 cm³/mol. The SMILES string of the molecule is N/C(=N\OCC(=O)NCCSc1ccccc1)c1ccc(Cl)cc1. The molecule has 0 radical (unpaired) electrons. The molecule has 0 fully saturated rings. The molecular formula is C17H18ClN3O2S. The van der Waals surface area contributed by atoms with Crippen molar-refractivity contribution in [1.82, 2.24) is 5.32 Å². The van der Waals surface area contributed by atoms with Crippen molar-refractivity contribution in [2.75, 3.05) is 18.9 Å². The third kappa shape index (κ3) is 6.52. The first-order valence-corrected chi connectivity index (χ1v) is 8.67. The smallest absolute Gasteiger partial charge is 0.260 e. The van der Waals surface area contributed by atoms with Gasteiger partial charge in [-0.15, -0.1) is 11.8 Å². The molecule has 0 saturated heterocycles. The lowest BCUT2D eigenvalue weighted by Gasteiger charge is -2.05. The molecule has 3 N–H and O–H groups in total. The summed E-state index contributed by atoms with van der Waals surface area (Å²) in [5.74, 6) is 0.738. The quantitative estimate of drug-likeness (QED) is 0.248. The zero-order valence-electron chi connectivity index (χ0n) is 12.9. The van der Waals surface area contributed by atoms with Crippen LogP contribution in [0.4, 0.5) is 0 Å². The van der Waals surface area contributed by atoms with E-state index in [1.54, 1.807) is 36.0 Å². The van der Waals surface area contributed by atoms with E-state index in [1.807, 2.05) is 30.3 Å². The van der Waals surface area contributed by atoms with Gasteiger partial charge in [-0.3, -0.25) is 4.79 Å². The molecule has 0 aliphatic carbocycles. The zero-order valence-corrected chi connectivity index (χ0v) is 14.5. The number of hydrogen-bond donors (Lipinski definition) is 2. The number of carbonyl (C=O) groups excluding carboxylic acids is 1. The number of nitrogens with two attached hydrogens (primary N) is 1. The van der Waals surface area contributed by atoms with Gasteiger partial charge in [0, 0.05) is 27.8 Å². The Morgan fingerprint density at radius 3 is 2.58 bits per heavy atom. The van der Waals surface area contributed by atoms with Gasteiger partial charge in [0.1, 0.15) is 0 Å². The van der Waals surface area contributed by atoms with Crippen LogP contribution in [0.5, 0.6) is 0 Å². The van der Waals surface area contributed by atoms with Crippen molar-refractivity contribution in [2.45, 2.75) is 4.90 Å². The van der Waals surface area contributed by atoms with Crippen LogP contribution in [0.1, 0.15) is 5.56 Å². The van der Waals surface area contributed by atoms with E-state index in [1.165, 1.54) is 4.90 Å². The molecule has 0 aliphatic heterocycles. The Bertz CT molecular complexity index is 678. The number of thioether (sulfide) groups is 1. The van der Waals surface area contributed by atoms with E-state index in [0.29, 0.717) is 17.1 Å². The number of benzene rings is 2. The van der Waals surface area contributed by atoms with E-state index in [9.17, 15) is 4.79 Å². The monoisotopic (exact) mass is 363 g/mol. The van der Waals surface area contributed by atoms with Crippen molar-refractivity contribution >= 4 is 35.1 Å². The third-order valence-electron chi connectivity index (χ3n) is 2.93. The summed E-state index contributed by atoms with van der Waals surface area (Å²) in [6, 6.07) is 16.9. The molecule has 0 spiro atoms. The van der Waals surface area contributed by atoms with Gasteiger partial charge in [-0.25, -0.2) is 0 Å². The Morgan fingerprint density at radius 2 is 1.88 bits per heavy atom. The number of nitrogens with one attached hydrogen (secondary N) is 1. The maximum Gasteiger partial charge on any atom is 0.260 e. The van der Waals surface area contributed by atoms with Crippen molar-refractivity contribution in [1.29, 1.82) is 0 Å². The Hall–Kier alpha value is -2.18. The molecule has 24 heavy (non-hydrogen) atoms. The molecule has 7 heteroatoms. The van der Waals surface area contributed by atoms with Crippen molar-refractivity contribution in [3.8, 4) is 0 Å². The second kappa shape index (κ2) is 9.85. The second-order valence-corrected chi connectivity index (χ2v) is 6.37. The lowest BCUT2D eigenvalue weighted by atomic mass is 10.2. The molecule has 0 unspecified atom stereocenters. The fourth-order valence-electron chi connectivity index (χ4n) is 1.76. The van der Waals surface area contributed by atoms with Crippen LogP contribution in [0, 0.1) is 0 Å². The van der Waals surface area contributed by atoms with Crippen LogP contribution < -0.4 is 11.1 Å². The normalized spacial score (nSPS) is 11.1. The highest BCUT2D eigenvalue weighted by Gasteiger charge is 2.03. The lowest BCUT2D eigenvalue weighted by molar-refractivity contribution is -0.125. The number of amides is 1. The minimum atomic E-state index is -0.240. The molecule has 2 rings (SSSR count). The third-order valence-corrected chi connectivity index (χ3v) is 4.20. The number of carbonyl (C=O) groups is 1. The van der Waals surface area contributed by atoms with E-state index in [2.05, 4.69) is 10.5 Å². The lowest BCUT2D eigenvalue weighted by Crippen LogP contribution is -2.29. The summed E-state index contributed by atoms with van der Waals surface area (Å²) in [6.07, 6.45) is 0. The molecule has 126 valence electrons. The van der Waals surface area contributed by atoms with Crippen molar-refractivity contribution in [3.05, 3.63) is 65.2 Å². The van der Waals surface area contributed by atoms with Crippen LogP contribution >= 0.6 is 23.4 Å². The Balaban J connectivity index is 1.64. The van der Waals surface area contributed by atoms with E-state index in [-0.39, 0.29) is 18.3 Å². The highest BCUT2D eigenvalue weighted by Crippen LogP contribution is 2.15. The van der Waals surface area contributed by atoms with E-state index >= 15 is 0 Å². The summed E-state index contributed by atoms with van der Waals surface area (Å²) in [6.45, 7) is 0.377. The van der Waals surface area contributed by atoms with Gasteiger partial charge < -0.3 is 15.9 Å². The maximum absolute atomic E-state index is 11.6. The fraction of sp³-hybridized carbons (Fsp3) is 0.176. The molecule has 0 atom stereocenters. The Morgan fingerprint density at radius 1 is 1.17 bits per heavy atom. The molecule has 1 amide bonds. The Labute approximate surface area is 150 Å². The summed E-state index contributed by atoms with van der Waals surface area (Å²) in [7, 11) is 0. The molecule has 5 nitrogen and oxygen atoms in total. The standard InChI is InChI=1S/C17H18ClN3O2S/c18-14-8-6-13(7-9-14)17(19)21-23-12-16(22)20-10-11-24-15-4-2-1-3-5-15/h1-9H,10-12H2,(H2,19,21)(H,20,22). The minimum Gasteiger partial charge on any atom is -0.384 e. The van der Waals surface area contributed by atoms with Crippen LogP contribution in [0.3, 0.4) is 0 Å². The van der Waals surface area contributed by atoms with Gasteiger partial charge in [-0.05, 0) is 36.4 Å². The summed E-state index contributed by atoms with van der Waals surface area (Å²) in [5, 5.41) is 7.10. The van der Waals surface area contributed by atoms with E-state index in [0.717, 1.165) is 5.75 Å². The summed E-state index contributed by atoms with van der Waals surface area (Å²) < 4.78 is 0. The summed E-state index contributed by atoms with van der Waals surface area (Å²) in [4.78, 5) is 17.8. The zero-order chi connectivity index (χ0) is 17.2. The number of hydrogen-bond acceptors (Lipinski definition) is 4. The van der Waals surface area contributed by atoms with Gasteiger partial charge in [0.2, 0.25) is 0 Å². The van der Waals surface area contributed by atoms with E-state index < -0.39 is 0 Å². The van der Waals surface area contributed by atoms with E-state index in [4.69, 9.17) is 22.2 Å². The summed E-state index contributed by atoms with van der Waals surface area (Å²) >= 11 is 7.47. The molecular weight excluding hydrogens is 346 g/mol.